The lowest BCUT2D eigenvalue weighted by Crippen LogP contribution is -2.36. The number of hydrogen-bond acceptors (Lipinski definition) is 5. The number of methoxy groups -OCH3 is 1. The van der Waals surface area contributed by atoms with Gasteiger partial charge in [0.05, 0.1) is 18.0 Å². The van der Waals surface area contributed by atoms with Gasteiger partial charge in [0.2, 0.25) is 5.91 Å². The molecule has 7 heteroatoms. The van der Waals surface area contributed by atoms with Crippen LogP contribution in [0.15, 0.2) is 25.2 Å². The van der Waals surface area contributed by atoms with Gasteiger partial charge in [-0.1, -0.05) is 34.3 Å². The summed E-state index contributed by atoms with van der Waals surface area (Å²) < 4.78 is 6.97. The van der Waals surface area contributed by atoms with Gasteiger partial charge in [0.15, 0.2) is 0 Å². The number of aryl methyl sites for hydroxylation is 2. The Balaban J connectivity index is 0.000000443. The Hall–Kier alpha value is -2.41. The van der Waals surface area contributed by atoms with Crippen LogP contribution in [0.2, 0.25) is 0 Å². The number of fused-ring (bicyclic) bond motifs is 1. The lowest BCUT2D eigenvalue weighted by atomic mass is 10.2. The molecule has 0 saturated carbocycles. The first-order valence-corrected chi connectivity index (χ1v) is 9.93. The molecule has 1 aliphatic heterocycles. The topological polar surface area (TPSA) is 86.3 Å². The number of nitrogens with zero attached hydrogens (tertiary/aromatic N) is 4. The van der Waals surface area contributed by atoms with Crippen LogP contribution in [0.4, 0.5) is 5.82 Å². The van der Waals surface area contributed by atoms with Gasteiger partial charge < -0.3 is 19.9 Å². The first kappa shape index (κ1) is 25.6. The highest BCUT2D eigenvalue weighted by molar-refractivity contribution is 5.89. The van der Waals surface area contributed by atoms with Crippen LogP contribution in [0.3, 0.4) is 0 Å². The normalized spacial score (nSPS) is 14.8. The smallest absolute Gasteiger partial charge is 0.246 e. The molecule has 1 amide bonds. The largest absolute Gasteiger partial charge is 0.383 e. The van der Waals surface area contributed by atoms with E-state index in [-0.39, 0.29) is 11.9 Å². The van der Waals surface area contributed by atoms with Gasteiger partial charge in [0, 0.05) is 26.9 Å². The third kappa shape index (κ3) is 6.64. The van der Waals surface area contributed by atoms with E-state index in [2.05, 4.69) is 16.5 Å². The molecule has 1 saturated heterocycles. The third-order valence-corrected chi connectivity index (χ3v) is 4.17. The van der Waals surface area contributed by atoms with E-state index in [0.717, 1.165) is 36.0 Å². The van der Waals surface area contributed by atoms with E-state index < -0.39 is 0 Å². The van der Waals surface area contributed by atoms with Crippen LogP contribution < -0.4 is 5.73 Å². The number of aromatic nitrogens is 3. The minimum Gasteiger partial charge on any atom is -0.383 e. The summed E-state index contributed by atoms with van der Waals surface area (Å²) in [7, 11) is 3.61. The first-order chi connectivity index (χ1) is 13.5. The summed E-state index contributed by atoms with van der Waals surface area (Å²) >= 11 is 0. The lowest BCUT2D eigenvalue weighted by Gasteiger charge is -2.22. The fourth-order valence-corrected chi connectivity index (χ4v) is 3.06. The van der Waals surface area contributed by atoms with E-state index >= 15 is 0 Å². The molecule has 0 aliphatic carbocycles. The number of carbonyl (C=O) groups excluding carboxylic acids is 1. The summed E-state index contributed by atoms with van der Waals surface area (Å²) in [6.45, 7) is 15.0. The van der Waals surface area contributed by atoms with E-state index in [1.54, 1.807) is 7.11 Å². The van der Waals surface area contributed by atoms with Crippen LogP contribution >= 0.6 is 0 Å². The fourth-order valence-electron chi connectivity index (χ4n) is 3.06. The molecule has 158 valence electrons. The summed E-state index contributed by atoms with van der Waals surface area (Å²) in [5, 5.41) is 0.958. The minimum atomic E-state index is 0.0227. The second kappa shape index (κ2) is 13.7. The van der Waals surface area contributed by atoms with Gasteiger partial charge in [-0.3, -0.25) is 4.79 Å². The number of ether oxygens (including phenoxy) is 1. The highest BCUT2D eigenvalue weighted by atomic mass is 16.5. The van der Waals surface area contributed by atoms with Crippen molar-refractivity contribution in [2.24, 2.45) is 7.05 Å². The average Bonchev–Trinajstić information content (AvgIpc) is 3.30. The molecule has 1 fully saturated rings. The molecule has 1 atom stereocenters. The Labute approximate surface area is 169 Å². The number of anilines is 1. The number of amides is 1. The Morgan fingerprint density at radius 3 is 2.54 bits per heavy atom. The van der Waals surface area contributed by atoms with E-state index in [9.17, 15) is 4.79 Å². The van der Waals surface area contributed by atoms with Crippen LogP contribution in [-0.2, 0) is 16.6 Å². The average molecular weight is 392 g/mol. The molecule has 2 N–H and O–H groups in total. The van der Waals surface area contributed by atoms with Crippen molar-refractivity contribution in [3.8, 4) is 0 Å². The van der Waals surface area contributed by atoms with Crippen molar-refractivity contribution in [2.45, 2.75) is 53.5 Å². The summed E-state index contributed by atoms with van der Waals surface area (Å²) in [5.74, 6) is 0.577. The van der Waals surface area contributed by atoms with Crippen LogP contribution in [-0.4, -0.2) is 51.6 Å². The van der Waals surface area contributed by atoms with Gasteiger partial charge in [0.1, 0.15) is 17.8 Å². The zero-order valence-corrected chi connectivity index (χ0v) is 18.5. The Morgan fingerprint density at radius 2 is 2.00 bits per heavy atom. The second-order valence-corrected chi connectivity index (χ2v) is 5.87. The Morgan fingerprint density at radius 1 is 1.36 bits per heavy atom. The summed E-state index contributed by atoms with van der Waals surface area (Å²) in [4.78, 5) is 21.2. The SMILES string of the molecule is C=CC(=O)N1CCCC1COC.CC.CC.Cc1cn(C)c2ncnc(N)c12. The van der Waals surface area contributed by atoms with Crippen LogP contribution in [0, 0.1) is 6.92 Å². The first-order valence-electron chi connectivity index (χ1n) is 9.93. The number of nitrogens with two attached hydrogens (primary N) is 1. The van der Waals surface area contributed by atoms with Gasteiger partial charge in [-0.15, -0.1) is 0 Å². The molecule has 7 nitrogen and oxygen atoms in total. The van der Waals surface area contributed by atoms with E-state index in [1.807, 2.05) is 57.3 Å². The molecule has 28 heavy (non-hydrogen) atoms. The molecule has 1 unspecified atom stereocenters. The zero-order valence-electron chi connectivity index (χ0n) is 18.5. The van der Waals surface area contributed by atoms with Crippen LogP contribution in [0.5, 0.6) is 0 Å². The van der Waals surface area contributed by atoms with Crippen molar-refractivity contribution in [2.75, 3.05) is 26.0 Å². The summed E-state index contributed by atoms with van der Waals surface area (Å²) in [6.07, 6.45) is 6.97. The van der Waals surface area contributed by atoms with Gasteiger partial charge >= 0.3 is 0 Å². The predicted molar refractivity (Wildman–Crippen MR) is 117 cm³/mol. The fraction of sp³-hybridized carbons (Fsp3) is 0.571. The second-order valence-electron chi connectivity index (χ2n) is 5.87. The maximum Gasteiger partial charge on any atom is 0.246 e. The molecule has 0 radical (unpaired) electrons. The third-order valence-electron chi connectivity index (χ3n) is 4.17. The van der Waals surface area contributed by atoms with Crippen molar-refractivity contribution in [1.82, 2.24) is 19.4 Å². The van der Waals surface area contributed by atoms with E-state index in [0.29, 0.717) is 12.4 Å². The molecular formula is C21H37N5O2. The molecular weight excluding hydrogens is 354 g/mol. The molecule has 0 bridgehead atoms. The maximum atomic E-state index is 11.3. The monoisotopic (exact) mass is 391 g/mol. The van der Waals surface area contributed by atoms with Gasteiger partial charge in [-0.05, 0) is 31.4 Å². The number of rotatable bonds is 3. The van der Waals surface area contributed by atoms with Crippen molar-refractivity contribution >= 4 is 22.8 Å². The zero-order chi connectivity index (χ0) is 21.7. The standard InChI is InChI=1S/C9H15NO2.C8H10N4.2C2H6/c1-3-9(11)10-6-4-5-8(10)7-12-2;1-5-3-12(2)8-6(5)7(9)10-4-11-8;2*1-2/h3,8H,1,4-7H2,2H3;3-4H,1-2H3,(H2,9,10,11);2*1-2H3. The number of carbonyl (C=O) groups is 1. The maximum absolute atomic E-state index is 11.3. The highest BCUT2D eigenvalue weighted by Crippen LogP contribution is 2.21. The molecule has 3 heterocycles. The highest BCUT2D eigenvalue weighted by Gasteiger charge is 2.26. The Bertz CT molecular complexity index is 727. The van der Waals surface area contributed by atoms with Crippen LogP contribution in [0.25, 0.3) is 11.0 Å². The van der Waals surface area contributed by atoms with E-state index in [4.69, 9.17) is 10.5 Å². The van der Waals surface area contributed by atoms with E-state index in [1.165, 1.54) is 12.4 Å². The molecule has 2 aromatic rings. The van der Waals surface area contributed by atoms with Crippen molar-refractivity contribution < 1.29 is 9.53 Å². The number of hydrogen-bond donors (Lipinski definition) is 1. The molecule has 0 spiro atoms. The predicted octanol–water partition coefficient (Wildman–Crippen LogP) is 3.72. The molecule has 0 aromatic carbocycles. The van der Waals surface area contributed by atoms with Crippen molar-refractivity contribution in [3.05, 3.63) is 30.7 Å². The summed E-state index contributed by atoms with van der Waals surface area (Å²) in [6, 6.07) is 0.264. The molecule has 2 aromatic heterocycles. The molecule has 3 rings (SSSR count). The summed E-state index contributed by atoms with van der Waals surface area (Å²) in [5.41, 5.74) is 7.71. The van der Waals surface area contributed by atoms with Crippen molar-refractivity contribution in [1.29, 1.82) is 0 Å². The van der Waals surface area contributed by atoms with Crippen molar-refractivity contribution in [3.63, 3.8) is 0 Å². The minimum absolute atomic E-state index is 0.0227. The van der Waals surface area contributed by atoms with Crippen LogP contribution in [0.1, 0.15) is 46.1 Å². The quantitative estimate of drug-likeness (QED) is 0.806. The number of nitrogen functional groups attached to an aromatic ring is 1. The van der Waals surface area contributed by atoms with Gasteiger partial charge in [-0.25, -0.2) is 9.97 Å². The lowest BCUT2D eigenvalue weighted by molar-refractivity contribution is -0.127. The van der Waals surface area contributed by atoms with Gasteiger partial charge in [0.25, 0.3) is 0 Å². The molecule has 1 aliphatic rings. The number of likely N-dealkylation sites (tertiary alicyclic amines) is 1. The Kier molecular flexibility index (Phi) is 12.5. The van der Waals surface area contributed by atoms with Gasteiger partial charge in [-0.2, -0.15) is 0 Å².